The summed E-state index contributed by atoms with van der Waals surface area (Å²) in [5.41, 5.74) is -0.142. The first-order chi connectivity index (χ1) is 8.69. The lowest BCUT2D eigenvalue weighted by Gasteiger charge is -2.34. The van der Waals surface area contributed by atoms with Crippen LogP contribution in [0.4, 0.5) is 0 Å². The maximum absolute atomic E-state index is 12.5. The van der Waals surface area contributed by atoms with Crippen LogP contribution in [0.2, 0.25) is 0 Å². The van der Waals surface area contributed by atoms with E-state index in [4.69, 9.17) is 0 Å². The molecule has 3 saturated heterocycles. The van der Waals surface area contributed by atoms with E-state index < -0.39 is 0 Å². The zero-order valence-corrected chi connectivity index (χ0v) is 11.4. The lowest BCUT2D eigenvalue weighted by atomic mass is 9.80. The molecule has 0 bridgehead atoms. The summed E-state index contributed by atoms with van der Waals surface area (Å²) in [6.45, 7) is 6.49. The topological polar surface area (TPSA) is 44.4 Å². The van der Waals surface area contributed by atoms with Gasteiger partial charge in [0.2, 0.25) is 5.91 Å². The molecular formula is C14H25N3O. The smallest absolute Gasteiger partial charge is 0.226 e. The molecule has 0 aromatic carbocycles. The number of amides is 1. The molecule has 3 aliphatic heterocycles. The third kappa shape index (κ3) is 2.16. The maximum Gasteiger partial charge on any atom is 0.226 e. The average molecular weight is 251 g/mol. The van der Waals surface area contributed by atoms with Crippen LogP contribution in [-0.2, 0) is 4.79 Å². The lowest BCUT2D eigenvalue weighted by Crippen LogP contribution is -2.51. The molecule has 3 fully saturated rings. The lowest BCUT2D eigenvalue weighted by molar-refractivity contribution is -0.132. The highest BCUT2D eigenvalue weighted by Gasteiger charge is 2.41. The zero-order valence-electron chi connectivity index (χ0n) is 11.4. The van der Waals surface area contributed by atoms with E-state index in [1.807, 2.05) is 0 Å². The third-order valence-electron chi connectivity index (χ3n) is 5.18. The van der Waals surface area contributed by atoms with E-state index in [0.717, 1.165) is 32.4 Å². The number of nitrogens with zero attached hydrogens (tertiary/aromatic N) is 1. The minimum absolute atomic E-state index is 0.142. The summed E-state index contributed by atoms with van der Waals surface area (Å²) in [5.74, 6) is 0.294. The Morgan fingerprint density at radius 3 is 2.83 bits per heavy atom. The molecule has 1 amide bonds. The molecule has 0 radical (unpaired) electrons. The molecule has 3 aliphatic rings. The van der Waals surface area contributed by atoms with Crippen molar-refractivity contribution < 1.29 is 4.79 Å². The van der Waals surface area contributed by atoms with Crippen molar-refractivity contribution in [3.63, 3.8) is 0 Å². The quantitative estimate of drug-likeness (QED) is 0.760. The molecule has 4 nitrogen and oxygen atoms in total. The number of rotatable bonds is 2. The van der Waals surface area contributed by atoms with E-state index in [9.17, 15) is 4.79 Å². The summed E-state index contributed by atoms with van der Waals surface area (Å²) in [6.07, 6.45) is 5.66. The Kier molecular flexibility index (Phi) is 3.32. The minimum Gasteiger partial charge on any atom is -0.351 e. The van der Waals surface area contributed by atoms with Crippen LogP contribution in [0.25, 0.3) is 0 Å². The summed E-state index contributed by atoms with van der Waals surface area (Å²) >= 11 is 0. The van der Waals surface area contributed by atoms with Crippen LogP contribution in [0.3, 0.4) is 0 Å². The number of hydrogen-bond acceptors (Lipinski definition) is 3. The van der Waals surface area contributed by atoms with Crippen LogP contribution in [0.15, 0.2) is 0 Å². The number of hydrogen-bond donors (Lipinski definition) is 2. The molecule has 0 spiro atoms. The van der Waals surface area contributed by atoms with Crippen molar-refractivity contribution in [2.45, 2.75) is 51.1 Å². The van der Waals surface area contributed by atoms with E-state index in [2.05, 4.69) is 22.5 Å². The number of nitrogens with one attached hydrogen (secondary N) is 2. The molecule has 0 aliphatic carbocycles. The number of piperidine rings is 1. The van der Waals surface area contributed by atoms with Gasteiger partial charge in [0, 0.05) is 24.0 Å². The van der Waals surface area contributed by atoms with Gasteiger partial charge in [0.25, 0.3) is 0 Å². The molecule has 102 valence electrons. The van der Waals surface area contributed by atoms with Gasteiger partial charge in [-0.25, -0.2) is 0 Å². The highest BCUT2D eigenvalue weighted by atomic mass is 16.2. The molecule has 2 N–H and O–H groups in total. The van der Waals surface area contributed by atoms with Crippen molar-refractivity contribution in [1.29, 1.82) is 0 Å². The van der Waals surface area contributed by atoms with E-state index in [-0.39, 0.29) is 5.41 Å². The Bertz CT molecular complexity index is 325. The van der Waals surface area contributed by atoms with E-state index in [0.29, 0.717) is 18.0 Å². The summed E-state index contributed by atoms with van der Waals surface area (Å²) in [4.78, 5) is 15.1. The Morgan fingerprint density at radius 1 is 1.28 bits per heavy atom. The number of carbonyl (C=O) groups is 1. The second kappa shape index (κ2) is 4.82. The third-order valence-corrected chi connectivity index (χ3v) is 5.18. The predicted molar refractivity (Wildman–Crippen MR) is 71.4 cm³/mol. The fourth-order valence-corrected chi connectivity index (χ4v) is 3.80. The highest BCUT2D eigenvalue weighted by molar-refractivity contribution is 5.82. The van der Waals surface area contributed by atoms with Gasteiger partial charge < -0.3 is 10.6 Å². The van der Waals surface area contributed by atoms with Crippen LogP contribution in [0.1, 0.15) is 39.0 Å². The van der Waals surface area contributed by atoms with E-state index in [1.54, 1.807) is 0 Å². The standard InChI is InChI=1S/C14H25N3O/c1-14(5-7-15-8-6-14)13(18)16-11-4-10-17-9-2-3-12(11)17/h11-12,15H,2-10H2,1H3,(H,16,18). The van der Waals surface area contributed by atoms with E-state index in [1.165, 1.54) is 25.9 Å². The largest absolute Gasteiger partial charge is 0.351 e. The van der Waals surface area contributed by atoms with Gasteiger partial charge in [0.05, 0.1) is 0 Å². The summed E-state index contributed by atoms with van der Waals surface area (Å²) in [7, 11) is 0. The molecule has 0 aromatic heterocycles. The fraction of sp³-hybridized carbons (Fsp3) is 0.929. The van der Waals surface area contributed by atoms with Gasteiger partial charge in [-0.1, -0.05) is 6.92 Å². The van der Waals surface area contributed by atoms with Gasteiger partial charge in [-0.05, 0) is 51.7 Å². The second-order valence-electron chi connectivity index (χ2n) is 6.42. The van der Waals surface area contributed by atoms with Crippen molar-refractivity contribution >= 4 is 5.91 Å². The van der Waals surface area contributed by atoms with Gasteiger partial charge in [0.1, 0.15) is 0 Å². The summed E-state index contributed by atoms with van der Waals surface area (Å²) in [6, 6.07) is 1.03. The molecular weight excluding hydrogens is 226 g/mol. The molecule has 2 unspecified atom stereocenters. The Morgan fingerprint density at radius 2 is 2.06 bits per heavy atom. The van der Waals surface area contributed by atoms with E-state index >= 15 is 0 Å². The summed E-state index contributed by atoms with van der Waals surface area (Å²) < 4.78 is 0. The molecule has 18 heavy (non-hydrogen) atoms. The first kappa shape index (κ1) is 12.4. The van der Waals surface area contributed by atoms with Crippen LogP contribution in [0, 0.1) is 5.41 Å². The molecule has 4 heteroatoms. The molecule has 0 saturated carbocycles. The molecule has 3 heterocycles. The minimum atomic E-state index is -0.142. The first-order valence-corrected chi connectivity index (χ1v) is 7.45. The predicted octanol–water partition coefficient (Wildman–Crippen LogP) is 0.729. The van der Waals surface area contributed by atoms with Crippen LogP contribution >= 0.6 is 0 Å². The Balaban J connectivity index is 1.60. The Hall–Kier alpha value is -0.610. The van der Waals surface area contributed by atoms with Gasteiger partial charge in [-0.15, -0.1) is 0 Å². The molecule has 2 atom stereocenters. The SMILES string of the molecule is CC1(C(=O)NC2CCN3CCCC23)CCNCC1. The van der Waals surface area contributed by atoms with Gasteiger partial charge in [-0.3, -0.25) is 9.69 Å². The van der Waals surface area contributed by atoms with Crippen molar-refractivity contribution in [2.24, 2.45) is 5.41 Å². The zero-order chi connectivity index (χ0) is 12.6. The second-order valence-corrected chi connectivity index (χ2v) is 6.42. The maximum atomic E-state index is 12.5. The highest BCUT2D eigenvalue weighted by Crippen LogP contribution is 2.31. The average Bonchev–Trinajstić information content (AvgIpc) is 2.95. The van der Waals surface area contributed by atoms with Gasteiger partial charge in [-0.2, -0.15) is 0 Å². The van der Waals surface area contributed by atoms with Crippen LogP contribution in [0.5, 0.6) is 0 Å². The fourth-order valence-electron chi connectivity index (χ4n) is 3.80. The van der Waals surface area contributed by atoms with Gasteiger partial charge in [0.15, 0.2) is 0 Å². The van der Waals surface area contributed by atoms with Crippen molar-refractivity contribution in [1.82, 2.24) is 15.5 Å². The number of carbonyl (C=O) groups excluding carboxylic acids is 1. The summed E-state index contributed by atoms with van der Waals surface area (Å²) in [5, 5.41) is 6.69. The van der Waals surface area contributed by atoms with Crippen molar-refractivity contribution in [3.05, 3.63) is 0 Å². The van der Waals surface area contributed by atoms with Crippen LogP contribution < -0.4 is 10.6 Å². The molecule has 3 rings (SSSR count). The van der Waals surface area contributed by atoms with Crippen LogP contribution in [-0.4, -0.2) is 49.1 Å². The van der Waals surface area contributed by atoms with Gasteiger partial charge >= 0.3 is 0 Å². The van der Waals surface area contributed by atoms with Crippen molar-refractivity contribution in [2.75, 3.05) is 26.2 Å². The number of fused-ring (bicyclic) bond motifs is 1. The first-order valence-electron chi connectivity index (χ1n) is 7.45. The monoisotopic (exact) mass is 251 g/mol. The normalized spacial score (nSPS) is 35.4. The Labute approximate surface area is 109 Å². The van der Waals surface area contributed by atoms with Crippen molar-refractivity contribution in [3.8, 4) is 0 Å². The molecule has 0 aromatic rings.